The van der Waals surface area contributed by atoms with E-state index in [0.717, 1.165) is 27.2 Å². The normalized spacial score (nSPS) is 26.1. The van der Waals surface area contributed by atoms with Crippen molar-refractivity contribution in [1.82, 2.24) is 10.2 Å². The molecule has 0 radical (unpaired) electrons. The second kappa shape index (κ2) is 8.27. The molecule has 0 unspecified atom stereocenters. The number of thiophene rings is 1. The zero-order chi connectivity index (χ0) is 19.7. The highest BCUT2D eigenvalue weighted by Gasteiger charge is 2.40. The lowest BCUT2D eigenvalue weighted by molar-refractivity contribution is -0.114. The largest absolute Gasteiger partial charge is 0.347 e. The molecule has 148 valence electrons. The highest BCUT2D eigenvalue weighted by molar-refractivity contribution is 8.01. The monoisotopic (exact) mass is 415 g/mol. The highest BCUT2D eigenvalue weighted by atomic mass is 32.2. The van der Waals surface area contributed by atoms with Gasteiger partial charge >= 0.3 is 0 Å². The average molecular weight is 416 g/mol. The maximum absolute atomic E-state index is 12.7. The third-order valence-electron chi connectivity index (χ3n) is 5.69. The summed E-state index contributed by atoms with van der Waals surface area (Å²) in [4.78, 5) is 27.4. The van der Waals surface area contributed by atoms with Crippen LogP contribution < -0.4 is 10.6 Å². The van der Waals surface area contributed by atoms with Crippen molar-refractivity contribution >= 4 is 39.9 Å². The van der Waals surface area contributed by atoms with Gasteiger partial charge in [-0.3, -0.25) is 14.5 Å². The van der Waals surface area contributed by atoms with Crippen molar-refractivity contribution in [3.63, 3.8) is 0 Å². The molecule has 3 fully saturated rings. The second-order valence-corrected chi connectivity index (χ2v) is 10.00. The molecule has 4 heterocycles. The fraction of sp³-hybridized carbons (Fsp3) is 0.429. The fourth-order valence-electron chi connectivity index (χ4n) is 4.19. The van der Waals surface area contributed by atoms with Gasteiger partial charge in [-0.05, 0) is 75.2 Å². The Bertz CT molecular complexity index is 855. The summed E-state index contributed by atoms with van der Waals surface area (Å²) in [5, 5.41) is 6.93. The summed E-state index contributed by atoms with van der Waals surface area (Å²) in [6.45, 7) is 6.06. The number of amides is 2. The molecular formula is C21H25N3O2S2. The van der Waals surface area contributed by atoms with E-state index in [0.29, 0.717) is 17.5 Å². The number of benzene rings is 1. The van der Waals surface area contributed by atoms with Crippen LogP contribution in [0.5, 0.6) is 0 Å². The van der Waals surface area contributed by atoms with Crippen molar-refractivity contribution in [2.45, 2.75) is 47.9 Å². The van der Waals surface area contributed by atoms with Crippen LogP contribution >= 0.6 is 23.1 Å². The molecule has 1 aromatic heterocycles. The highest BCUT2D eigenvalue weighted by Crippen LogP contribution is 2.36. The van der Waals surface area contributed by atoms with Crippen LogP contribution in [0.3, 0.4) is 0 Å². The number of carbonyl (C=O) groups excluding carboxylic acids is 2. The van der Waals surface area contributed by atoms with Gasteiger partial charge in [0, 0.05) is 29.5 Å². The third-order valence-corrected chi connectivity index (χ3v) is 7.83. The third kappa shape index (κ3) is 4.26. The number of rotatable bonds is 5. The van der Waals surface area contributed by atoms with Gasteiger partial charge in [-0.1, -0.05) is 11.8 Å². The first-order chi connectivity index (χ1) is 13.5. The predicted molar refractivity (Wildman–Crippen MR) is 114 cm³/mol. The Kier molecular flexibility index (Phi) is 5.75. The Balaban J connectivity index is 1.37. The number of anilines is 1. The van der Waals surface area contributed by atoms with Gasteiger partial charge in [-0.15, -0.1) is 11.3 Å². The van der Waals surface area contributed by atoms with E-state index < -0.39 is 0 Å². The van der Waals surface area contributed by atoms with Crippen LogP contribution in [-0.2, 0) is 4.79 Å². The Morgan fingerprint density at radius 2 is 1.82 bits per heavy atom. The van der Waals surface area contributed by atoms with Gasteiger partial charge in [-0.2, -0.15) is 0 Å². The number of nitrogens with one attached hydrogen (secondary N) is 2. The topological polar surface area (TPSA) is 61.4 Å². The van der Waals surface area contributed by atoms with E-state index in [2.05, 4.69) is 22.5 Å². The van der Waals surface area contributed by atoms with E-state index in [-0.39, 0.29) is 17.9 Å². The van der Waals surface area contributed by atoms with Crippen LogP contribution in [0, 0.1) is 5.92 Å². The van der Waals surface area contributed by atoms with Crippen molar-refractivity contribution in [3.8, 4) is 0 Å². The summed E-state index contributed by atoms with van der Waals surface area (Å²) in [5.74, 6) is 0.563. The van der Waals surface area contributed by atoms with E-state index in [9.17, 15) is 9.59 Å². The summed E-state index contributed by atoms with van der Waals surface area (Å²) >= 11 is 3.17. The van der Waals surface area contributed by atoms with Crippen molar-refractivity contribution in [2.24, 2.45) is 5.92 Å². The van der Waals surface area contributed by atoms with Crippen LogP contribution in [0.4, 0.5) is 5.00 Å². The quantitative estimate of drug-likeness (QED) is 0.773. The zero-order valence-corrected chi connectivity index (χ0v) is 17.7. The zero-order valence-electron chi connectivity index (χ0n) is 16.1. The van der Waals surface area contributed by atoms with E-state index in [1.165, 1.54) is 19.8 Å². The van der Waals surface area contributed by atoms with Crippen molar-refractivity contribution in [1.29, 1.82) is 0 Å². The maximum atomic E-state index is 12.7. The van der Waals surface area contributed by atoms with E-state index in [4.69, 9.17) is 0 Å². The molecule has 2 atom stereocenters. The number of piperidine rings is 3. The fourth-order valence-corrected chi connectivity index (χ4v) is 6.24. The maximum Gasteiger partial charge on any atom is 0.251 e. The summed E-state index contributed by atoms with van der Waals surface area (Å²) < 4.78 is 1.10. The molecule has 0 aliphatic carbocycles. The van der Waals surface area contributed by atoms with Gasteiger partial charge < -0.3 is 10.6 Å². The van der Waals surface area contributed by atoms with Crippen LogP contribution in [0.2, 0.25) is 0 Å². The van der Waals surface area contributed by atoms with Crippen LogP contribution in [0.25, 0.3) is 0 Å². The Labute approximate surface area is 173 Å². The van der Waals surface area contributed by atoms with Gasteiger partial charge in [0.15, 0.2) is 0 Å². The number of carbonyl (C=O) groups is 2. The molecule has 2 bridgehead atoms. The smallest absolute Gasteiger partial charge is 0.251 e. The van der Waals surface area contributed by atoms with Gasteiger partial charge in [0.1, 0.15) is 0 Å². The Hall–Kier alpha value is -1.83. The van der Waals surface area contributed by atoms with Crippen molar-refractivity contribution < 1.29 is 9.59 Å². The molecule has 2 N–H and O–H groups in total. The minimum Gasteiger partial charge on any atom is -0.347 e. The molecule has 0 spiro atoms. The molecule has 28 heavy (non-hydrogen) atoms. The van der Waals surface area contributed by atoms with E-state index in [1.54, 1.807) is 23.1 Å². The SMILES string of the molecule is CC(=O)Nc1ccc(Sc2ccc(C(=O)N[C@@H]3C4CCN(CC4)[C@@H]3C)cc2)s1. The first-order valence-electron chi connectivity index (χ1n) is 9.70. The van der Waals surface area contributed by atoms with E-state index >= 15 is 0 Å². The van der Waals surface area contributed by atoms with Gasteiger partial charge in [-0.25, -0.2) is 0 Å². The first kappa shape index (κ1) is 19.5. The molecule has 2 amide bonds. The Morgan fingerprint density at radius 3 is 2.46 bits per heavy atom. The Morgan fingerprint density at radius 1 is 1.11 bits per heavy atom. The second-order valence-electron chi connectivity index (χ2n) is 7.54. The summed E-state index contributed by atoms with van der Waals surface area (Å²) in [6, 6.07) is 12.3. The summed E-state index contributed by atoms with van der Waals surface area (Å²) in [7, 11) is 0. The average Bonchev–Trinajstić information content (AvgIpc) is 3.11. The number of fused-ring (bicyclic) bond motifs is 3. The van der Waals surface area contributed by atoms with Gasteiger partial charge in [0.25, 0.3) is 5.91 Å². The van der Waals surface area contributed by atoms with Crippen LogP contribution in [0.1, 0.15) is 37.0 Å². The van der Waals surface area contributed by atoms with Gasteiger partial charge in [0.05, 0.1) is 9.21 Å². The molecule has 3 aliphatic rings. The predicted octanol–water partition coefficient (Wildman–Crippen LogP) is 4.07. The molecule has 3 aliphatic heterocycles. The molecule has 5 rings (SSSR count). The molecular weight excluding hydrogens is 390 g/mol. The lowest BCUT2D eigenvalue weighted by atomic mass is 9.79. The lowest BCUT2D eigenvalue weighted by Gasteiger charge is -2.49. The van der Waals surface area contributed by atoms with Crippen LogP contribution in [-0.4, -0.2) is 41.9 Å². The minimum absolute atomic E-state index is 0.0196. The van der Waals surface area contributed by atoms with Crippen molar-refractivity contribution in [2.75, 3.05) is 18.4 Å². The summed E-state index contributed by atoms with van der Waals surface area (Å²) in [5.41, 5.74) is 0.707. The van der Waals surface area contributed by atoms with Crippen LogP contribution in [0.15, 0.2) is 45.5 Å². The molecule has 0 saturated carbocycles. The number of hydrogen-bond acceptors (Lipinski definition) is 5. The molecule has 1 aromatic carbocycles. The van der Waals surface area contributed by atoms with E-state index in [1.807, 2.05) is 36.4 Å². The first-order valence-corrected chi connectivity index (χ1v) is 11.3. The number of hydrogen-bond donors (Lipinski definition) is 2. The molecule has 5 nitrogen and oxygen atoms in total. The lowest BCUT2D eigenvalue weighted by Crippen LogP contribution is -2.62. The standard InChI is InChI=1S/C21H25N3O2S2/c1-13-20(15-9-11-24(13)12-10-15)23-21(26)16-3-5-17(6-4-16)27-19-8-7-18(28-19)22-14(2)25/h3-8,13,15,20H,9-12H2,1-2H3,(H,22,25)(H,23,26)/t13-,20+/m1/s1. The number of nitrogens with zero attached hydrogens (tertiary/aromatic N) is 1. The van der Waals surface area contributed by atoms with Gasteiger partial charge in [0.2, 0.25) is 5.91 Å². The summed E-state index contributed by atoms with van der Waals surface area (Å²) in [6.07, 6.45) is 2.37. The molecule has 3 saturated heterocycles. The van der Waals surface area contributed by atoms with Crippen molar-refractivity contribution in [3.05, 3.63) is 42.0 Å². The molecule has 2 aromatic rings. The molecule has 7 heteroatoms. The minimum atomic E-state index is -0.0638.